The van der Waals surface area contributed by atoms with E-state index in [1.807, 2.05) is 4.90 Å². The third kappa shape index (κ3) is 6.54. The second-order valence-electron chi connectivity index (χ2n) is 4.05. The van der Waals surface area contributed by atoms with Crippen LogP contribution in [0.25, 0.3) is 0 Å². The van der Waals surface area contributed by atoms with Crippen LogP contribution in [0.15, 0.2) is 24.3 Å². The van der Waals surface area contributed by atoms with E-state index in [0.29, 0.717) is 30.4 Å². The average molecular weight is 287 g/mol. The largest absolute Gasteiger partial charge is 0.395 e. The van der Waals surface area contributed by atoms with Gasteiger partial charge in [0, 0.05) is 30.9 Å². The summed E-state index contributed by atoms with van der Waals surface area (Å²) in [5, 5.41) is 12.3. The zero-order valence-electron chi connectivity index (χ0n) is 10.9. The maximum atomic E-state index is 11.8. The van der Waals surface area contributed by atoms with Gasteiger partial charge in [-0.05, 0) is 24.3 Å². The minimum absolute atomic E-state index is 0.0118. The van der Waals surface area contributed by atoms with Crippen molar-refractivity contribution in [3.8, 4) is 0 Å². The predicted molar refractivity (Wildman–Crippen MR) is 75.5 cm³/mol. The minimum Gasteiger partial charge on any atom is -0.395 e. The highest BCUT2D eigenvalue weighted by atomic mass is 35.5. The van der Waals surface area contributed by atoms with Crippen LogP contribution in [-0.4, -0.2) is 55.9 Å². The number of halogens is 1. The van der Waals surface area contributed by atoms with Gasteiger partial charge in [-0.3, -0.25) is 9.69 Å². The fourth-order valence-electron chi connectivity index (χ4n) is 1.57. The number of nitrogens with one attached hydrogen (secondary N) is 1. The number of hydrogen-bond donors (Lipinski definition) is 2. The van der Waals surface area contributed by atoms with Crippen molar-refractivity contribution < 1.29 is 14.6 Å². The van der Waals surface area contributed by atoms with Gasteiger partial charge in [-0.15, -0.1) is 0 Å². The first-order valence-corrected chi connectivity index (χ1v) is 6.41. The van der Waals surface area contributed by atoms with E-state index in [9.17, 15) is 4.79 Å². The first kappa shape index (κ1) is 15.9. The highest BCUT2D eigenvalue weighted by molar-refractivity contribution is 6.30. The normalized spacial score (nSPS) is 10.7. The molecular formula is C13H19ClN2O3. The van der Waals surface area contributed by atoms with E-state index in [0.717, 1.165) is 0 Å². The number of rotatable bonds is 8. The first-order chi connectivity index (χ1) is 9.15. The van der Waals surface area contributed by atoms with Crippen LogP contribution in [0.5, 0.6) is 0 Å². The highest BCUT2D eigenvalue weighted by Crippen LogP contribution is 2.13. The molecule has 19 heavy (non-hydrogen) atoms. The molecule has 6 heteroatoms. The molecule has 0 saturated heterocycles. The number of carbonyl (C=O) groups is 1. The van der Waals surface area contributed by atoms with Crippen LogP contribution < -0.4 is 5.32 Å². The number of carbonyl (C=O) groups excluding carboxylic acids is 1. The molecule has 0 atom stereocenters. The number of anilines is 1. The van der Waals surface area contributed by atoms with Crippen molar-refractivity contribution in [3.63, 3.8) is 0 Å². The molecule has 0 unspecified atom stereocenters. The van der Waals surface area contributed by atoms with Crippen LogP contribution in [0, 0.1) is 0 Å². The second-order valence-corrected chi connectivity index (χ2v) is 4.48. The van der Waals surface area contributed by atoms with Crippen molar-refractivity contribution in [2.24, 2.45) is 0 Å². The Morgan fingerprint density at radius 3 is 2.63 bits per heavy atom. The van der Waals surface area contributed by atoms with Gasteiger partial charge in [-0.2, -0.15) is 0 Å². The van der Waals surface area contributed by atoms with Crippen LogP contribution in [0.1, 0.15) is 0 Å². The van der Waals surface area contributed by atoms with Crippen molar-refractivity contribution in [2.75, 3.05) is 45.3 Å². The Morgan fingerprint density at radius 1 is 1.37 bits per heavy atom. The summed E-state index contributed by atoms with van der Waals surface area (Å²) in [6.45, 7) is 1.79. The van der Waals surface area contributed by atoms with E-state index in [-0.39, 0.29) is 19.1 Å². The second kappa shape index (κ2) is 8.87. The summed E-state index contributed by atoms with van der Waals surface area (Å²) >= 11 is 5.77. The molecule has 0 bridgehead atoms. The zero-order chi connectivity index (χ0) is 14.1. The van der Waals surface area contributed by atoms with Gasteiger partial charge in [0.2, 0.25) is 5.91 Å². The van der Waals surface area contributed by atoms with Gasteiger partial charge < -0.3 is 15.2 Å². The summed E-state index contributed by atoms with van der Waals surface area (Å²) < 4.78 is 4.96. The molecule has 1 aromatic carbocycles. The van der Waals surface area contributed by atoms with Crippen LogP contribution in [0.2, 0.25) is 5.02 Å². The van der Waals surface area contributed by atoms with Gasteiger partial charge in [-0.1, -0.05) is 11.6 Å². The Bertz CT molecular complexity index is 384. The van der Waals surface area contributed by atoms with Crippen LogP contribution >= 0.6 is 11.6 Å². The van der Waals surface area contributed by atoms with Gasteiger partial charge in [0.05, 0.1) is 19.8 Å². The molecule has 1 amide bonds. The Balaban J connectivity index is 2.45. The number of aliphatic hydroxyl groups is 1. The number of nitrogens with zero attached hydrogens (tertiary/aromatic N) is 1. The highest BCUT2D eigenvalue weighted by Gasteiger charge is 2.10. The molecule has 0 saturated carbocycles. The average Bonchev–Trinajstić information content (AvgIpc) is 2.39. The number of methoxy groups -OCH3 is 1. The van der Waals surface area contributed by atoms with Crippen molar-refractivity contribution in [1.29, 1.82) is 0 Å². The number of hydrogen-bond acceptors (Lipinski definition) is 4. The summed E-state index contributed by atoms with van der Waals surface area (Å²) in [7, 11) is 1.60. The Labute approximate surface area is 118 Å². The molecule has 1 rings (SSSR count). The maximum absolute atomic E-state index is 11.8. The van der Waals surface area contributed by atoms with E-state index >= 15 is 0 Å². The summed E-state index contributed by atoms with van der Waals surface area (Å²) in [6.07, 6.45) is 0. The quantitative estimate of drug-likeness (QED) is 0.754. The summed E-state index contributed by atoms with van der Waals surface area (Å²) in [4.78, 5) is 13.7. The van der Waals surface area contributed by atoms with Crippen LogP contribution in [0.4, 0.5) is 5.69 Å². The molecule has 0 aliphatic rings. The maximum Gasteiger partial charge on any atom is 0.238 e. The Hall–Kier alpha value is -1.14. The lowest BCUT2D eigenvalue weighted by Gasteiger charge is -2.20. The van der Waals surface area contributed by atoms with Crippen molar-refractivity contribution in [1.82, 2.24) is 4.90 Å². The lowest BCUT2D eigenvalue weighted by molar-refractivity contribution is -0.117. The van der Waals surface area contributed by atoms with Crippen molar-refractivity contribution in [3.05, 3.63) is 29.3 Å². The fourth-order valence-corrected chi connectivity index (χ4v) is 1.69. The molecule has 0 fully saturated rings. The van der Waals surface area contributed by atoms with Gasteiger partial charge in [0.15, 0.2) is 0 Å². The van der Waals surface area contributed by atoms with Gasteiger partial charge in [0.25, 0.3) is 0 Å². The summed E-state index contributed by atoms with van der Waals surface area (Å²) in [5.41, 5.74) is 0.699. The van der Waals surface area contributed by atoms with E-state index < -0.39 is 0 Å². The Kier molecular flexibility index (Phi) is 7.43. The lowest BCUT2D eigenvalue weighted by atomic mass is 10.3. The molecule has 5 nitrogen and oxygen atoms in total. The van der Waals surface area contributed by atoms with Crippen LogP contribution in [-0.2, 0) is 9.53 Å². The predicted octanol–water partition coefficient (Wildman–Crippen LogP) is 1.22. The summed E-state index contributed by atoms with van der Waals surface area (Å²) in [5.74, 6) is -0.133. The van der Waals surface area contributed by atoms with Gasteiger partial charge >= 0.3 is 0 Å². The van der Waals surface area contributed by atoms with Crippen molar-refractivity contribution >= 4 is 23.2 Å². The molecule has 0 aromatic heterocycles. The third-order valence-electron chi connectivity index (χ3n) is 2.52. The topological polar surface area (TPSA) is 61.8 Å². The molecule has 0 heterocycles. The lowest BCUT2D eigenvalue weighted by Crippen LogP contribution is -2.37. The fraction of sp³-hybridized carbons (Fsp3) is 0.462. The van der Waals surface area contributed by atoms with E-state index in [4.69, 9.17) is 21.4 Å². The number of aliphatic hydroxyl groups excluding tert-OH is 1. The molecule has 0 spiro atoms. The summed E-state index contributed by atoms with van der Waals surface area (Å²) in [6, 6.07) is 6.92. The molecule has 106 valence electrons. The molecule has 0 radical (unpaired) electrons. The van der Waals surface area contributed by atoms with Crippen LogP contribution in [0.3, 0.4) is 0 Å². The van der Waals surface area contributed by atoms with Gasteiger partial charge in [-0.25, -0.2) is 0 Å². The zero-order valence-corrected chi connectivity index (χ0v) is 11.7. The standard InChI is InChI=1S/C13H19ClN2O3/c1-19-9-7-16(6-8-17)10-13(18)15-12-4-2-11(14)3-5-12/h2-5,17H,6-10H2,1H3,(H,15,18). The monoisotopic (exact) mass is 286 g/mol. The molecule has 0 aliphatic carbocycles. The first-order valence-electron chi connectivity index (χ1n) is 6.03. The smallest absolute Gasteiger partial charge is 0.238 e. The molecular weight excluding hydrogens is 268 g/mol. The number of ether oxygens (including phenoxy) is 1. The van der Waals surface area contributed by atoms with E-state index in [1.54, 1.807) is 31.4 Å². The molecule has 1 aromatic rings. The SMILES string of the molecule is COCCN(CCO)CC(=O)Nc1ccc(Cl)cc1. The molecule has 2 N–H and O–H groups in total. The van der Waals surface area contributed by atoms with Crippen molar-refractivity contribution in [2.45, 2.75) is 0 Å². The molecule has 0 aliphatic heterocycles. The van der Waals surface area contributed by atoms with E-state index in [1.165, 1.54) is 0 Å². The third-order valence-corrected chi connectivity index (χ3v) is 2.78. The number of benzene rings is 1. The number of amides is 1. The van der Waals surface area contributed by atoms with E-state index in [2.05, 4.69) is 5.32 Å². The minimum atomic E-state index is -0.133. The Morgan fingerprint density at radius 2 is 2.05 bits per heavy atom. The van der Waals surface area contributed by atoms with Gasteiger partial charge in [0.1, 0.15) is 0 Å².